The highest BCUT2D eigenvalue weighted by atomic mass is 16.5. The minimum atomic E-state index is -0.230. The molecule has 1 aromatic rings. The van der Waals surface area contributed by atoms with Crippen molar-refractivity contribution < 1.29 is 9.53 Å². The van der Waals surface area contributed by atoms with E-state index in [2.05, 4.69) is 23.5 Å². The van der Waals surface area contributed by atoms with Crippen LogP contribution < -0.4 is 5.32 Å². The minimum Gasteiger partial charge on any atom is -0.465 e. The van der Waals surface area contributed by atoms with Gasteiger partial charge in [0.1, 0.15) is 13.2 Å². The molecule has 2 aliphatic rings. The number of hydrogen-bond acceptors (Lipinski definition) is 5. The Hall–Kier alpha value is -2.04. The number of nitrogens with zero attached hydrogens (tertiary/aromatic N) is 2. The van der Waals surface area contributed by atoms with E-state index in [1.807, 2.05) is 40.7 Å². The Labute approximate surface area is 165 Å². The molecule has 1 heterocycles. The molecule has 0 spiro atoms. The van der Waals surface area contributed by atoms with Crippen molar-refractivity contribution in [2.24, 2.45) is 11.0 Å². The van der Waals surface area contributed by atoms with Gasteiger partial charge < -0.3 is 10.1 Å². The van der Waals surface area contributed by atoms with Crippen LogP contribution in [0.3, 0.4) is 0 Å². The zero-order valence-corrected chi connectivity index (χ0v) is 17.8. The number of carbonyl (C=O) groups excluding carboxylic acids is 1. The number of esters is 1. The smallest absolute Gasteiger partial charge is 0.327 e. The van der Waals surface area contributed by atoms with E-state index in [9.17, 15) is 4.79 Å². The summed E-state index contributed by atoms with van der Waals surface area (Å²) in [6, 6.07) is 8.30. The number of nitrogens with one attached hydrogen (secondary N) is 1. The molecule has 0 aromatic heterocycles. The summed E-state index contributed by atoms with van der Waals surface area (Å²) in [5.74, 6) is 0.251. The molecule has 5 heteroatoms. The van der Waals surface area contributed by atoms with E-state index in [0.29, 0.717) is 19.2 Å². The summed E-state index contributed by atoms with van der Waals surface area (Å²) in [5.41, 5.74) is 3.39. The third kappa shape index (κ3) is 6.89. The Morgan fingerprint density at radius 3 is 2.48 bits per heavy atom. The van der Waals surface area contributed by atoms with E-state index in [4.69, 9.17) is 9.84 Å². The average molecular weight is 376 g/mol. The van der Waals surface area contributed by atoms with Gasteiger partial charge in [0.25, 0.3) is 0 Å². The molecule has 0 amide bonds. The Morgan fingerprint density at radius 1 is 1.15 bits per heavy atom. The first kappa shape index (κ1) is 23.0. The lowest BCUT2D eigenvalue weighted by Gasteiger charge is -2.24. The predicted molar refractivity (Wildman–Crippen MR) is 114 cm³/mol. The predicted octanol–water partition coefficient (Wildman–Crippen LogP) is 5.27. The maximum Gasteiger partial charge on any atom is 0.327 e. The largest absolute Gasteiger partial charge is 0.465 e. The fraction of sp³-hybridized carbons (Fsp3) is 0.636. The van der Waals surface area contributed by atoms with Gasteiger partial charge in [0, 0.05) is 17.2 Å². The number of anilines is 1. The van der Waals surface area contributed by atoms with Crippen LogP contribution >= 0.6 is 0 Å². The van der Waals surface area contributed by atoms with E-state index in [-0.39, 0.29) is 12.5 Å². The van der Waals surface area contributed by atoms with Crippen LogP contribution in [0.15, 0.2) is 29.4 Å². The summed E-state index contributed by atoms with van der Waals surface area (Å²) >= 11 is 0. The van der Waals surface area contributed by atoms with Gasteiger partial charge in [-0.15, -0.1) is 0 Å². The monoisotopic (exact) mass is 375 g/mol. The highest BCUT2D eigenvalue weighted by Gasteiger charge is 2.26. The van der Waals surface area contributed by atoms with Gasteiger partial charge in [0.05, 0.1) is 12.3 Å². The molecule has 1 aromatic carbocycles. The van der Waals surface area contributed by atoms with E-state index in [1.165, 1.54) is 37.7 Å². The zero-order valence-electron chi connectivity index (χ0n) is 17.8. The van der Waals surface area contributed by atoms with Crippen LogP contribution in [0.25, 0.3) is 0 Å². The lowest BCUT2D eigenvalue weighted by molar-refractivity contribution is -0.144. The van der Waals surface area contributed by atoms with Gasteiger partial charge in [-0.2, -0.15) is 5.10 Å². The minimum absolute atomic E-state index is 0.186. The van der Waals surface area contributed by atoms with Crippen molar-refractivity contribution in [2.75, 3.05) is 25.1 Å². The van der Waals surface area contributed by atoms with Gasteiger partial charge in [-0.25, -0.2) is 0 Å². The number of carbonyl (C=O) groups is 1. The fourth-order valence-corrected chi connectivity index (χ4v) is 3.40. The molecular weight excluding hydrogens is 338 g/mol. The Balaban J connectivity index is 0.000000855. The maximum atomic E-state index is 11.8. The summed E-state index contributed by atoms with van der Waals surface area (Å²) in [7, 11) is 0. The SMILES string of the molecule is CC.CC.CCOC(=O)CN1CNc2ccccc2C(C2CCCCC2)=N1. The molecule has 1 N–H and O–H groups in total. The quantitative estimate of drug-likeness (QED) is 0.728. The molecular formula is C22H37N3O2. The number of ether oxygens (including phenoxy) is 1. The summed E-state index contributed by atoms with van der Waals surface area (Å²) in [5, 5.41) is 10.0. The topological polar surface area (TPSA) is 53.9 Å². The second-order valence-corrected chi connectivity index (χ2v) is 6.17. The molecule has 0 unspecified atom stereocenters. The van der Waals surface area contributed by atoms with Crippen LogP contribution in [-0.4, -0.2) is 36.5 Å². The van der Waals surface area contributed by atoms with Gasteiger partial charge in [-0.3, -0.25) is 9.80 Å². The molecule has 1 saturated carbocycles. The summed E-state index contributed by atoms with van der Waals surface area (Å²) in [6.07, 6.45) is 6.20. The van der Waals surface area contributed by atoms with Crippen molar-refractivity contribution in [2.45, 2.75) is 66.7 Å². The number of hydrazone groups is 1. The molecule has 3 rings (SSSR count). The maximum absolute atomic E-state index is 11.8. The average Bonchev–Trinajstić information content (AvgIpc) is 2.92. The normalized spacial score (nSPS) is 16.2. The van der Waals surface area contributed by atoms with Gasteiger partial charge in [-0.05, 0) is 25.8 Å². The molecule has 152 valence electrons. The third-order valence-electron chi connectivity index (χ3n) is 4.51. The first-order chi connectivity index (χ1) is 13.3. The van der Waals surface area contributed by atoms with Crippen molar-refractivity contribution in [1.82, 2.24) is 5.01 Å². The Morgan fingerprint density at radius 2 is 1.81 bits per heavy atom. The number of rotatable bonds is 4. The molecule has 0 radical (unpaired) electrons. The van der Waals surface area contributed by atoms with Gasteiger partial charge >= 0.3 is 5.97 Å². The van der Waals surface area contributed by atoms with Crippen LogP contribution in [0.2, 0.25) is 0 Å². The number of hydrogen-bond donors (Lipinski definition) is 1. The van der Waals surface area contributed by atoms with Gasteiger partial charge in [0.2, 0.25) is 0 Å². The first-order valence-corrected chi connectivity index (χ1v) is 10.6. The van der Waals surface area contributed by atoms with Crippen LogP contribution in [0, 0.1) is 5.92 Å². The zero-order chi connectivity index (χ0) is 20.1. The molecule has 1 fully saturated rings. The molecule has 5 nitrogen and oxygen atoms in total. The summed E-state index contributed by atoms with van der Waals surface area (Å²) < 4.78 is 5.07. The molecule has 0 atom stereocenters. The second kappa shape index (κ2) is 13.2. The summed E-state index contributed by atoms with van der Waals surface area (Å²) in [4.78, 5) is 11.8. The van der Waals surface area contributed by atoms with Gasteiger partial charge in [0.15, 0.2) is 0 Å². The van der Waals surface area contributed by atoms with Crippen molar-refractivity contribution in [1.29, 1.82) is 0 Å². The van der Waals surface area contributed by atoms with E-state index >= 15 is 0 Å². The lowest BCUT2D eigenvalue weighted by Crippen LogP contribution is -2.31. The number of benzene rings is 1. The van der Waals surface area contributed by atoms with Crippen molar-refractivity contribution in [3.05, 3.63) is 29.8 Å². The van der Waals surface area contributed by atoms with E-state index < -0.39 is 0 Å². The first-order valence-electron chi connectivity index (χ1n) is 10.6. The molecule has 1 aliphatic carbocycles. The molecule has 1 aliphatic heterocycles. The van der Waals surface area contributed by atoms with Crippen LogP contribution in [0.1, 0.15) is 72.3 Å². The van der Waals surface area contributed by atoms with Gasteiger partial charge in [-0.1, -0.05) is 65.2 Å². The highest BCUT2D eigenvalue weighted by molar-refractivity contribution is 6.06. The van der Waals surface area contributed by atoms with Crippen molar-refractivity contribution in [3.63, 3.8) is 0 Å². The van der Waals surface area contributed by atoms with Crippen LogP contribution in [0.4, 0.5) is 5.69 Å². The third-order valence-corrected chi connectivity index (χ3v) is 4.51. The van der Waals surface area contributed by atoms with Crippen LogP contribution in [0.5, 0.6) is 0 Å². The van der Waals surface area contributed by atoms with Crippen molar-refractivity contribution >= 4 is 17.4 Å². The second-order valence-electron chi connectivity index (χ2n) is 6.17. The Bertz CT molecular complexity index is 581. The molecule has 0 saturated heterocycles. The lowest BCUT2D eigenvalue weighted by atomic mass is 9.83. The molecule has 27 heavy (non-hydrogen) atoms. The van der Waals surface area contributed by atoms with Crippen molar-refractivity contribution in [3.8, 4) is 0 Å². The molecule has 0 bridgehead atoms. The Kier molecular flexibility index (Phi) is 11.2. The number of para-hydroxylation sites is 1. The fourth-order valence-electron chi connectivity index (χ4n) is 3.40. The number of fused-ring (bicyclic) bond motifs is 1. The standard InChI is InChI=1S/C18H25N3O2.2C2H6/c1-2-23-17(22)12-21-13-19-16-11-7-6-10-15(16)18(20-21)14-8-4-3-5-9-14;2*1-2/h6-7,10-11,14,19H,2-5,8-9,12-13H2,1H3;2*1-2H3. The highest BCUT2D eigenvalue weighted by Crippen LogP contribution is 2.31. The van der Waals surface area contributed by atoms with E-state index in [1.54, 1.807) is 5.01 Å². The van der Waals surface area contributed by atoms with E-state index in [0.717, 1.165) is 11.4 Å². The summed E-state index contributed by atoms with van der Waals surface area (Å²) in [6.45, 7) is 10.9. The van der Waals surface area contributed by atoms with Crippen LogP contribution in [-0.2, 0) is 9.53 Å².